The molecule has 0 aromatic carbocycles. The second kappa shape index (κ2) is 4.55. The van der Waals surface area contributed by atoms with Crippen molar-refractivity contribution in [2.45, 2.75) is 36.3 Å². The van der Waals surface area contributed by atoms with E-state index in [4.69, 9.17) is 5.41 Å². The number of morpholine rings is 1. The standard InChI is InChI=1S/C7H3F12N3O/c8-2(9,1(20)21)3(10,11)22-4(12,13)6(16,17)23-7(18,19)5(22,14)15/h(H3,20,21). The fourth-order valence-electron chi connectivity index (χ4n) is 1.38. The van der Waals surface area contributed by atoms with Gasteiger partial charge in [0, 0.05) is 0 Å². The van der Waals surface area contributed by atoms with Gasteiger partial charge in [-0.15, -0.1) is 0 Å². The second-order valence-corrected chi connectivity index (χ2v) is 4.08. The van der Waals surface area contributed by atoms with Crippen molar-refractivity contribution in [3.05, 3.63) is 0 Å². The number of amidine groups is 1. The summed E-state index contributed by atoms with van der Waals surface area (Å²) >= 11 is 0. The molecule has 0 aromatic rings. The topological polar surface area (TPSA) is 62.3 Å². The first-order valence-corrected chi connectivity index (χ1v) is 4.89. The zero-order valence-corrected chi connectivity index (χ0v) is 9.97. The largest absolute Gasteiger partial charge is 0.439 e. The number of alkyl halides is 12. The van der Waals surface area contributed by atoms with Crippen molar-refractivity contribution in [1.29, 1.82) is 5.41 Å². The summed E-state index contributed by atoms with van der Waals surface area (Å²) in [6.45, 7) is 0. The predicted molar refractivity (Wildman–Crippen MR) is 44.5 cm³/mol. The Morgan fingerprint density at radius 3 is 1.39 bits per heavy atom. The van der Waals surface area contributed by atoms with Crippen LogP contribution in [0.5, 0.6) is 0 Å². The average molecular weight is 373 g/mol. The molecule has 23 heavy (non-hydrogen) atoms. The Morgan fingerprint density at radius 1 is 0.826 bits per heavy atom. The highest BCUT2D eigenvalue weighted by Gasteiger charge is 2.89. The molecule has 16 heteroatoms. The average Bonchev–Trinajstić information content (AvgIpc) is 2.23. The third kappa shape index (κ3) is 2.29. The van der Waals surface area contributed by atoms with Crippen LogP contribution in [0.4, 0.5) is 52.7 Å². The van der Waals surface area contributed by atoms with Gasteiger partial charge in [0.15, 0.2) is 5.84 Å². The number of nitrogens with zero attached hydrogens (tertiary/aromatic N) is 1. The number of ether oxygens (including phenoxy) is 1. The Kier molecular flexibility index (Phi) is 3.88. The lowest BCUT2D eigenvalue weighted by Gasteiger charge is -2.50. The third-order valence-corrected chi connectivity index (χ3v) is 2.52. The van der Waals surface area contributed by atoms with E-state index < -0.39 is 47.0 Å². The van der Waals surface area contributed by atoms with Gasteiger partial charge >= 0.3 is 36.3 Å². The van der Waals surface area contributed by atoms with Crippen molar-refractivity contribution in [2.24, 2.45) is 5.73 Å². The highest BCUT2D eigenvalue weighted by Crippen LogP contribution is 2.60. The van der Waals surface area contributed by atoms with E-state index in [-0.39, 0.29) is 0 Å². The van der Waals surface area contributed by atoms with E-state index in [9.17, 15) is 52.7 Å². The Balaban J connectivity index is 3.71. The summed E-state index contributed by atoms with van der Waals surface area (Å²) in [5.41, 5.74) is 3.91. The van der Waals surface area contributed by atoms with Crippen molar-refractivity contribution >= 4 is 5.84 Å². The van der Waals surface area contributed by atoms with Gasteiger partial charge in [0.05, 0.1) is 0 Å². The van der Waals surface area contributed by atoms with Gasteiger partial charge in [0.25, 0.3) is 0 Å². The first-order valence-electron chi connectivity index (χ1n) is 4.89. The number of nitrogens with one attached hydrogen (secondary N) is 1. The lowest BCUT2D eigenvalue weighted by Crippen LogP contribution is -2.80. The van der Waals surface area contributed by atoms with Crippen molar-refractivity contribution in [1.82, 2.24) is 4.90 Å². The molecule has 1 heterocycles. The van der Waals surface area contributed by atoms with Crippen LogP contribution in [0.3, 0.4) is 0 Å². The first kappa shape index (κ1) is 19.6. The molecule has 0 spiro atoms. The van der Waals surface area contributed by atoms with E-state index in [1.165, 1.54) is 0 Å². The molecule has 0 aromatic heterocycles. The van der Waals surface area contributed by atoms with Gasteiger partial charge in [0.1, 0.15) is 0 Å². The summed E-state index contributed by atoms with van der Waals surface area (Å²) in [5, 5.41) is 6.05. The molecule has 1 saturated heterocycles. The van der Waals surface area contributed by atoms with Crippen LogP contribution in [-0.2, 0) is 4.74 Å². The molecular formula is C7H3F12N3O. The van der Waals surface area contributed by atoms with E-state index in [0.717, 1.165) is 0 Å². The summed E-state index contributed by atoms with van der Waals surface area (Å²) < 4.78 is 157. The summed E-state index contributed by atoms with van der Waals surface area (Å²) in [6, 6.07) is -21.2. The van der Waals surface area contributed by atoms with Crippen LogP contribution in [0.15, 0.2) is 0 Å². The smallest absolute Gasteiger partial charge is 0.382 e. The monoisotopic (exact) mass is 373 g/mol. The van der Waals surface area contributed by atoms with Crippen LogP contribution >= 0.6 is 0 Å². The fraction of sp³-hybridized carbons (Fsp3) is 0.857. The zero-order chi connectivity index (χ0) is 18.9. The van der Waals surface area contributed by atoms with E-state index >= 15 is 0 Å². The molecule has 1 aliphatic heterocycles. The quantitative estimate of drug-likeness (QED) is 0.346. The maximum Gasteiger partial charge on any atom is 0.439 e. The van der Waals surface area contributed by atoms with Crippen LogP contribution in [0, 0.1) is 5.41 Å². The normalized spacial score (nSPS) is 26.8. The van der Waals surface area contributed by atoms with Gasteiger partial charge in [-0.25, -0.2) is 4.74 Å². The van der Waals surface area contributed by atoms with Crippen molar-refractivity contribution in [2.75, 3.05) is 0 Å². The molecule has 4 nitrogen and oxygen atoms in total. The van der Waals surface area contributed by atoms with Crippen LogP contribution in [0.25, 0.3) is 0 Å². The second-order valence-electron chi connectivity index (χ2n) is 4.08. The Hall–Kier alpha value is -1.45. The van der Waals surface area contributed by atoms with Crippen molar-refractivity contribution in [3.8, 4) is 0 Å². The van der Waals surface area contributed by atoms with E-state index in [1.54, 1.807) is 0 Å². The van der Waals surface area contributed by atoms with Gasteiger partial charge < -0.3 is 5.73 Å². The molecule has 0 atom stereocenters. The lowest BCUT2D eigenvalue weighted by atomic mass is 10.1. The van der Waals surface area contributed by atoms with Crippen molar-refractivity contribution in [3.63, 3.8) is 0 Å². The van der Waals surface area contributed by atoms with E-state index in [0.29, 0.717) is 0 Å². The molecule has 0 radical (unpaired) electrons. The van der Waals surface area contributed by atoms with Crippen LogP contribution < -0.4 is 5.73 Å². The van der Waals surface area contributed by atoms with E-state index in [1.807, 2.05) is 4.74 Å². The van der Waals surface area contributed by atoms with Gasteiger partial charge in [-0.1, -0.05) is 4.90 Å². The van der Waals surface area contributed by atoms with Crippen LogP contribution in [-0.4, -0.2) is 47.0 Å². The Morgan fingerprint density at radius 2 is 1.13 bits per heavy atom. The SMILES string of the molecule is N=C(N)C(F)(F)C(F)(F)N1C(F)(F)C(F)(F)OC(F)(F)C1(F)F. The summed E-state index contributed by atoms with van der Waals surface area (Å²) in [6.07, 6.45) is -13.4. The predicted octanol–water partition coefficient (Wildman–Crippen LogP) is 2.85. The Bertz CT molecular complexity index is 491. The van der Waals surface area contributed by atoms with Gasteiger partial charge in [-0.3, -0.25) is 5.41 Å². The van der Waals surface area contributed by atoms with Crippen molar-refractivity contribution < 1.29 is 57.4 Å². The van der Waals surface area contributed by atoms with Crippen LogP contribution in [0.2, 0.25) is 0 Å². The van der Waals surface area contributed by atoms with E-state index in [2.05, 4.69) is 5.73 Å². The minimum absolute atomic E-state index is 1.82. The lowest BCUT2D eigenvalue weighted by molar-refractivity contribution is -0.591. The number of halogens is 12. The molecule has 136 valence electrons. The fourth-order valence-corrected chi connectivity index (χ4v) is 1.38. The first-order chi connectivity index (χ1) is 9.77. The maximum absolute atomic E-state index is 13.3. The molecule has 0 saturated carbocycles. The molecule has 1 fully saturated rings. The highest BCUT2D eigenvalue weighted by atomic mass is 19.4. The number of hydrogen-bond acceptors (Lipinski definition) is 3. The van der Waals surface area contributed by atoms with Crippen LogP contribution in [0.1, 0.15) is 0 Å². The summed E-state index contributed by atoms with van der Waals surface area (Å²) in [5.74, 6) is -9.45. The molecular weight excluding hydrogens is 370 g/mol. The maximum atomic E-state index is 13.3. The van der Waals surface area contributed by atoms with Gasteiger partial charge in [-0.05, 0) is 0 Å². The highest BCUT2D eigenvalue weighted by molar-refractivity contribution is 5.85. The number of hydrogen-bond donors (Lipinski definition) is 2. The molecule has 0 bridgehead atoms. The minimum atomic E-state index is -7.12. The molecule has 1 rings (SSSR count). The number of nitrogens with two attached hydrogens (primary N) is 1. The summed E-state index contributed by atoms with van der Waals surface area (Å²) in [7, 11) is 0. The molecule has 0 aliphatic carbocycles. The molecule has 3 N–H and O–H groups in total. The zero-order valence-electron chi connectivity index (χ0n) is 9.97. The summed E-state index contributed by atoms with van der Waals surface area (Å²) in [4.78, 5) is -3.71. The molecule has 1 aliphatic rings. The number of rotatable bonds is 3. The molecule has 0 amide bonds. The third-order valence-electron chi connectivity index (χ3n) is 2.52. The van der Waals surface area contributed by atoms with Gasteiger partial charge in [0.2, 0.25) is 0 Å². The minimum Gasteiger partial charge on any atom is -0.382 e. The molecule has 0 unspecified atom stereocenters. The van der Waals surface area contributed by atoms with Gasteiger partial charge in [-0.2, -0.15) is 52.7 Å². The Labute approximate surface area is 117 Å².